The summed E-state index contributed by atoms with van der Waals surface area (Å²) in [7, 11) is 3.11. The lowest BCUT2D eigenvalue weighted by molar-refractivity contribution is -0.126. The van der Waals surface area contributed by atoms with Crippen LogP contribution < -0.4 is 19.7 Å². The Kier molecular flexibility index (Phi) is 6.09. The molecule has 0 saturated carbocycles. The SMILES string of the molecule is COc1cc(OC)cc(N2C(=O)c3ccccc3C[C@]2(C)C(=O)NCc2ccccc2C)c1. The van der Waals surface area contributed by atoms with Gasteiger partial charge in [0.2, 0.25) is 5.91 Å². The summed E-state index contributed by atoms with van der Waals surface area (Å²) >= 11 is 0. The van der Waals surface area contributed by atoms with E-state index in [1.165, 1.54) is 0 Å². The molecule has 4 rings (SSSR count). The molecule has 0 spiro atoms. The molecular formula is C27H28N2O4. The number of carbonyl (C=O) groups excluding carboxylic acids is 2. The largest absolute Gasteiger partial charge is 0.497 e. The van der Waals surface area contributed by atoms with Gasteiger partial charge in [-0.05, 0) is 36.6 Å². The van der Waals surface area contributed by atoms with E-state index in [1.807, 2.05) is 49.4 Å². The number of fused-ring (bicyclic) bond motifs is 1. The number of anilines is 1. The van der Waals surface area contributed by atoms with Crippen molar-refractivity contribution in [3.63, 3.8) is 0 Å². The number of benzene rings is 3. The summed E-state index contributed by atoms with van der Waals surface area (Å²) in [6.45, 7) is 4.20. The Hall–Kier alpha value is -3.80. The molecule has 0 aliphatic carbocycles. The van der Waals surface area contributed by atoms with Gasteiger partial charge in [-0.3, -0.25) is 14.5 Å². The van der Waals surface area contributed by atoms with Gasteiger partial charge in [0.1, 0.15) is 17.0 Å². The smallest absolute Gasteiger partial charge is 0.259 e. The molecule has 1 N–H and O–H groups in total. The summed E-state index contributed by atoms with van der Waals surface area (Å²) in [4.78, 5) is 29.0. The zero-order valence-electron chi connectivity index (χ0n) is 19.3. The predicted octanol–water partition coefficient (Wildman–Crippen LogP) is 4.29. The van der Waals surface area contributed by atoms with Gasteiger partial charge in [0.25, 0.3) is 5.91 Å². The van der Waals surface area contributed by atoms with Gasteiger partial charge in [-0.15, -0.1) is 0 Å². The fraction of sp³-hybridized carbons (Fsp3) is 0.259. The number of methoxy groups -OCH3 is 2. The molecule has 6 nitrogen and oxygen atoms in total. The van der Waals surface area contributed by atoms with Crippen molar-refractivity contribution < 1.29 is 19.1 Å². The molecule has 2 amide bonds. The van der Waals surface area contributed by atoms with Crippen molar-refractivity contribution in [1.29, 1.82) is 0 Å². The lowest BCUT2D eigenvalue weighted by Crippen LogP contribution is -2.63. The number of hydrogen-bond donors (Lipinski definition) is 1. The van der Waals surface area contributed by atoms with Crippen molar-refractivity contribution in [3.8, 4) is 11.5 Å². The van der Waals surface area contributed by atoms with Gasteiger partial charge >= 0.3 is 0 Å². The lowest BCUT2D eigenvalue weighted by Gasteiger charge is -2.44. The Bertz CT molecular complexity index is 1180. The van der Waals surface area contributed by atoms with E-state index in [4.69, 9.17) is 9.47 Å². The normalized spacial score (nSPS) is 17.3. The highest BCUT2D eigenvalue weighted by atomic mass is 16.5. The van der Waals surface area contributed by atoms with Gasteiger partial charge < -0.3 is 14.8 Å². The minimum Gasteiger partial charge on any atom is -0.497 e. The number of aryl methyl sites for hydroxylation is 1. The number of carbonyl (C=O) groups is 2. The van der Waals surface area contributed by atoms with E-state index < -0.39 is 5.54 Å². The lowest BCUT2D eigenvalue weighted by atomic mass is 9.82. The van der Waals surface area contributed by atoms with Crippen LogP contribution in [-0.2, 0) is 17.8 Å². The highest BCUT2D eigenvalue weighted by molar-refractivity contribution is 6.14. The summed E-state index contributed by atoms with van der Waals surface area (Å²) < 4.78 is 10.8. The minimum atomic E-state index is -1.15. The molecular weight excluding hydrogens is 416 g/mol. The first-order chi connectivity index (χ1) is 15.9. The van der Waals surface area contributed by atoms with Crippen molar-refractivity contribution in [3.05, 3.63) is 89.0 Å². The van der Waals surface area contributed by atoms with Crippen molar-refractivity contribution >= 4 is 17.5 Å². The Morgan fingerprint density at radius 2 is 1.64 bits per heavy atom. The minimum absolute atomic E-state index is 0.226. The molecule has 0 bridgehead atoms. The number of nitrogens with one attached hydrogen (secondary N) is 1. The van der Waals surface area contributed by atoms with E-state index in [1.54, 1.807) is 50.3 Å². The molecule has 0 saturated heterocycles. The number of amides is 2. The molecule has 1 heterocycles. The summed E-state index contributed by atoms with van der Waals surface area (Å²) in [6, 6.07) is 20.6. The first kappa shape index (κ1) is 22.4. The summed E-state index contributed by atoms with van der Waals surface area (Å²) in [5, 5.41) is 3.06. The maximum Gasteiger partial charge on any atom is 0.259 e. The van der Waals surface area contributed by atoms with E-state index in [0.29, 0.717) is 35.7 Å². The molecule has 0 radical (unpaired) electrons. The van der Waals surface area contributed by atoms with Crippen LogP contribution in [0.5, 0.6) is 11.5 Å². The Labute approximate surface area is 194 Å². The first-order valence-corrected chi connectivity index (χ1v) is 10.9. The van der Waals surface area contributed by atoms with Crippen molar-refractivity contribution in [2.75, 3.05) is 19.1 Å². The van der Waals surface area contributed by atoms with Crippen molar-refractivity contribution in [2.24, 2.45) is 0 Å². The Morgan fingerprint density at radius 1 is 1.00 bits per heavy atom. The molecule has 170 valence electrons. The molecule has 0 aromatic heterocycles. The fourth-order valence-electron chi connectivity index (χ4n) is 4.36. The van der Waals surface area contributed by atoms with Crippen molar-refractivity contribution in [1.82, 2.24) is 5.32 Å². The van der Waals surface area contributed by atoms with Gasteiger partial charge in [-0.25, -0.2) is 0 Å². The first-order valence-electron chi connectivity index (χ1n) is 10.9. The third-order valence-electron chi connectivity index (χ3n) is 6.26. The van der Waals surface area contributed by atoms with Crippen LogP contribution in [0.1, 0.15) is 34.0 Å². The highest BCUT2D eigenvalue weighted by Crippen LogP contribution is 2.38. The second-order valence-electron chi connectivity index (χ2n) is 8.43. The predicted molar refractivity (Wildman–Crippen MR) is 128 cm³/mol. The quantitative estimate of drug-likeness (QED) is 0.616. The average molecular weight is 445 g/mol. The van der Waals surface area contributed by atoms with E-state index in [-0.39, 0.29) is 11.8 Å². The van der Waals surface area contributed by atoms with E-state index in [0.717, 1.165) is 16.7 Å². The van der Waals surface area contributed by atoms with Crippen LogP contribution in [0.15, 0.2) is 66.7 Å². The summed E-state index contributed by atoms with van der Waals surface area (Å²) in [5.74, 6) is 0.619. The third-order valence-corrected chi connectivity index (χ3v) is 6.26. The maximum atomic E-state index is 13.7. The van der Waals surface area contributed by atoms with Gasteiger partial charge in [0, 0.05) is 36.7 Å². The van der Waals surface area contributed by atoms with Crippen LogP contribution in [0.4, 0.5) is 5.69 Å². The van der Waals surface area contributed by atoms with Gasteiger partial charge in [-0.1, -0.05) is 42.5 Å². The Balaban J connectivity index is 1.77. The third kappa shape index (κ3) is 4.16. The van der Waals surface area contributed by atoms with Crippen LogP contribution in [0.3, 0.4) is 0 Å². The second kappa shape index (κ2) is 8.98. The van der Waals surface area contributed by atoms with Crippen LogP contribution in [0, 0.1) is 6.92 Å². The van der Waals surface area contributed by atoms with Crippen LogP contribution in [0.25, 0.3) is 0 Å². The van der Waals surface area contributed by atoms with Crippen LogP contribution in [0.2, 0.25) is 0 Å². The summed E-state index contributed by atoms with van der Waals surface area (Å²) in [5.41, 5.74) is 2.96. The number of rotatable bonds is 6. The van der Waals surface area contributed by atoms with Crippen molar-refractivity contribution in [2.45, 2.75) is 32.4 Å². The molecule has 3 aromatic rings. The zero-order chi connectivity index (χ0) is 23.6. The summed E-state index contributed by atoms with van der Waals surface area (Å²) in [6.07, 6.45) is 0.383. The molecule has 33 heavy (non-hydrogen) atoms. The molecule has 1 aliphatic rings. The van der Waals surface area contributed by atoms with Crippen LogP contribution >= 0.6 is 0 Å². The van der Waals surface area contributed by atoms with Gasteiger partial charge in [0.05, 0.1) is 19.9 Å². The zero-order valence-corrected chi connectivity index (χ0v) is 19.3. The van der Waals surface area contributed by atoms with Gasteiger partial charge in [-0.2, -0.15) is 0 Å². The standard InChI is InChI=1S/C27H28N2O4/c1-18-9-5-6-11-20(18)17-28-26(31)27(2)16-19-10-7-8-12-24(19)25(30)29(27)21-13-22(32-3)15-23(14-21)33-4/h5-15H,16-17H2,1-4H3,(H,28,31)/t27-/m1/s1. The second-order valence-corrected chi connectivity index (χ2v) is 8.43. The van der Waals surface area contributed by atoms with Crippen LogP contribution in [-0.4, -0.2) is 31.6 Å². The number of ether oxygens (including phenoxy) is 2. The average Bonchev–Trinajstić information content (AvgIpc) is 2.83. The molecule has 3 aromatic carbocycles. The topological polar surface area (TPSA) is 67.9 Å². The monoisotopic (exact) mass is 444 g/mol. The number of hydrogen-bond acceptors (Lipinski definition) is 4. The van der Waals surface area contributed by atoms with E-state index in [2.05, 4.69) is 5.32 Å². The van der Waals surface area contributed by atoms with E-state index in [9.17, 15) is 9.59 Å². The molecule has 1 aliphatic heterocycles. The number of nitrogens with zero attached hydrogens (tertiary/aromatic N) is 1. The maximum absolute atomic E-state index is 13.7. The fourth-order valence-corrected chi connectivity index (χ4v) is 4.36. The molecule has 6 heteroatoms. The van der Waals surface area contributed by atoms with E-state index >= 15 is 0 Å². The molecule has 1 atom stereocenters. The Morgan fingerprint density at radius 3 is 2.30 bits per heavy atom. The van der Waals surface area contributed by atoms with Gasteiger partial charge in [0.15, 0.2) is 0 Å². The molecule has 0 unspecified atom stereocenters. The highest BCUT2D eigenvalue weighted by Gasteiger charge is 2.47. The molecule has 0 fully saturated rings.